The van der Waals surface area contributed by atoms with Crippen LogP contribution >= 0.6 is 0 Å². The number of nitrogens with zero attached hydrogens (tertiary/aromatic N) is 1. The third kappa shape index (κ3) is 2.40. The van der Waals surface area contributed by atoms with Gasteiger partial charge in [-0.2, -0.15) is 0 Å². The molecule has 1 fully saturated rings. The van der Waals surface area contributed by atoms with Crippen LogP contribution in [-0.4, -0.2) is 17.8 Å². The molecule has 0 N–H and O–H groups in total. The first-order chi connectivity index (χ1) is 10.8. The zero-order valence-electron chi connectivity index (χ0n) is 11.9. The van der Waals surface area contributed by atoms with Crippen molar-refractivity contribution in [2.24, 2.45) is 0 Å². The Morgan fingerprint density at radius 2 is 1.86 bits per heavy atom. The molecule has 0 amide bonds. The van der Waals surface area contributed by atoms with Gasteiger partial charge < -0.3 is 14.3 Å². The van der Waals surface area contributed by atoms with Crippen LogP contribution in [0.3, 0.4) is 0 Å². The van der Waals surface area contributed by atoms with E-state index >= 15 is 0 Å². The second-order valence-electron chi connectivity index (χ2n) is 5.36. The Morgan fingerprint density at radius 3 is 2.73 bits per heavy atom. The number of hydrogen-bond acceptors (Lipinski definition) is 5. The molecule has 112 valence electrons. The highest BCUT2D eigenvalue weighted by atomic mass is 16.7. The Kier molecular flexibility index (Phi) is 3.20. The average Bonchev–Trinajstić information content (AvgIpc) is 3.14. The summed E-state index contributed by atoms with van der Waals surface area (Å²) in [6, 6.07) is 15.6. The number of benzene rings is 2. The van der Waals surface area contributed by atoms with E-state index < -0.39 is 0 Å². The minimum absolute atomic E-state index is 0.109. The number of carbonyl (C=O) groups is 1. The van der Waals surface area contributed by atoms with E-state index in [4.69, 9.17) is 14.3 Å². The molecule has 0 saturated carbocycles. The fourth-order valence-electron chi connectivity index (χ4n) is 2.80. The molecule has 4 rings (SSSR count). The summed E-state index contributed by atoms with van der Waals surface area (Å²) in [6.45, 7) is 0.804. The van der Waals surface area contributed by atoms with Crippen LogP contribution in [0.4, 0.5) is 0 Å². The molecule has 2 heterocycles. The Bertz CT molecular complexity index is 701. The third-order valence-corrected chi connectivity index (χ3v) is 3.89. The summed E-state index contributed by atoms with van der Waals surface area (Å²) in [5.74, 6) is 1.25. The summed E-state index contributed by atoms with van der Waals surface area (Å²) < 4.78 is 10.7. The number of hydrogen-bond donors (Lipinski definition) is 0. The zero-order valence-corrected chi connectivity index (χ0v) is 11.9. The van der Waals surface area contributed by atoms with E-state index in [-0.39, 0.29) is 18.8 Å². The van der Waals surface area contributed by atoms with Gasteiger partial charge in [-0.15, -0.1) is 5.06 Å². The van der Waals surface area contributed by atoms with Crippen LogP contribution in [-0.2, 0) is 16.2 Å². The standard InChI is InChI=1S/C17H15NO4/c19-17-9-14(13-6-7-15-16(8-13)21-11-20-15)18(22-17)10-12-4-2-1-3-5-12/h1-8,14H,9-11H2. The Hall–Kier alpha value is -2.53. The van der Waals surface area contributed by atoms with Crippen LogP contribution in [0.25, 0.3) is 0 Å². The minimum Gasteiger partial charge on any atom is -0.454 e. The van der Waals surface area contributed by atoms with Gasteiger partial charge in [-0.25, -0.2) is 0 Å². The van der Waals surface area contributed by atoms with Crippen molar-refractivity contribution in [1.29, 1.82) is 0 Å². The van der Waals surface area contributed by atoms with Gasteiger partial charge in [0.1, 0.15) is 0 Å². The maximum absolute atomic E-state index is 11.7. The number of fused-ring (bicyclic) bond motifs is 1. The molecule has 2 aliphatic heterocycles. The first-order valence-corrected chi connectivity index (χ1v) is 7.20. The number of hydroxylamine groups is 2. The van der Waals surface area contributed by atoms with Crippen molar-refractivity contribution in [3.8, 4) is 11.5 Å². The topological polar surface area (TPSA) is 48.0 Å². The van der Waals surface area contributed by atoms with E-state index in [9.17, 15) is 4.79 Å². The summed E-state index contributed by atoms with van der Waals surface area (Å²) in [5.41, 5.74) is 2.09. The lowest BCUT2D eigenvalue weighted by Crippen LogP contribution is -2.21. The van der Waals surface area contributed by atoms with E-state index in [1.165, 1.54) is 0 Å². The van der Waals surface area contributed by atoms with Crippen LogP contribution in [0, 0.1) is 0 Å². The van der Waals surface area contributed by atoms with Crippen LogP contribution in [0.15, 0.2) is 48.5 Å². The quantitative estimate of drug-likeness (QED) is 0.872. The van der Waals surface area contributed by atoms with Crippen molar-refractivity contribution in [2.75, 3.05) is 6.79 Å². The van der Waals surface area contributed by atoms with Gasteiger partial charge in [0.25, 0.3) is 0 Å². The smallest absolute Gasteiger partial charge is 0.327 e. The Balaban J connectivity index is 1.60. The summed E-state index contributed by atoms with van der Waals surface area (Å²) in [6.07, 6.45) is 0.340. The molecule has 0 bridgehead atoms. The summed E-state index contributed by atoms with van der Waals surface area (Å²) >= 11 is 0. The lowest BCUT2D eigenvalue weighted by molar-refractivity contribution is -0.178. The molecule has 5 nitrogen and oxygen atoms in total. The van der Waals surface area contributed by atoms with Gasteiger partial charge in [0, 0.05) is 0 Å². The van der Waals surface area contributed by atoms with E-state index in [2.05, 4.69) is 0 Å². The van der Waals surface area contributed by atoms with Crippen LogP contribution in [0.2, 0.25) is 0 Å². The molecule has 2 aromatic carbocycles. The number of rotatable bonds is 3. The minimum atomic E-state index is -0.210. The van der Waals surface area contributed by atoms with Gasteiger partial charge in [-0.3, -0.25) is 4.79 Å². The maximum atomic E-state index is 11.7. The zero-order chi connectivity index (χ0) is 14.9. The van der Waals surface area contributed by atoms with Crippen molar-refractivity contribution in [3.63, 3.8) is 0 Å². The second-order valence-corrected chi connectivity index (χ2v) is 5.36. The van der Waals surface area contributed by atoms with Gasteiger partial charge in [-0.1, -0.05) is 36.4 Å². The van der Waals surface area contributed by atoms with Crippen molar-refractivity contribution in [1.82, 2.24) is 5.06 Å². The second kappa shape index (κ2) is 5.35. The maximum Gasteiger partial charge on any atom is 0.327 e. The molecule has 0 aromatic heterocycles. The summed E-state index contributed by atoms with van der Waals surface area (Å²) in [5, 5.41) is 1.73. The Labute approximate surface area is 128 Å². The molecule has 1 unspecified atom stereocenters. The molecule has 0 radical (unpaired) electrons. The highest BCUT2D eigenvalue weighted by Gasteiger charge is 2.34. The normalized spacial score (nSPS) is 20.2. The van der Waals surface area contributed by atoms with Crippen molar-refractivity contribution >= 4 is 5.97 Å². The molecular formula is C17H15NO4. The van der Waals surface area contributed by atoms with Gasteiger partial charge in [0.2, 0.25) is 6.79 Å². The van der Waals surface area contributed by atoms with E-state index in [0.717, 1.165) is 22.6 Å². The van der Waals surface area contributed by atoms with Gasteiger partial charge in [0.05, 0.1) is 19.0 Å². The fourth-order valence-corrected chi connectivity index (χ4v) is 2.80. The fraction of sp³-hybridized carbons (Fsp3) is 0.235. The molecule has 5 heteroatoms. The summed E-state index contributed by atoms with van der Waals surface area (Å²) in [4.78, 5) is 17.1. The average molecular weight is 297 g/mol. The third-order valence-electron chi connectivity index (χ3n) is 3.89. The highest BCUT2D eigenvalue weighted by Crippen LogP contribution is 2.39. The predicted octanol–water partition coefficient (Wildman–Crippen LogP) is 2.82. The summed E-state index contributed by atoms with van der Waals surface area (Å²) in [7, 11) is 0. The Morgan fingerprint density at radius 1 is 1.05 bits per heavy atom. The van der Waals surface area contributed by atoms with Crippen LogP contribution in [0.5, 0.6) is 11.5 Å². The first kappa shape index (κ1) is 13.2. The molecule has 1 atom stereocenters. The molecular weight excluding hydrogens is 282 g/mol. The van der Waals surface area contributed by atoms with Crippen molar-refractivity contribution in [3.05, 3.63) is 59.7 Å². The molecule has 0 spiro atoms. The lowest BCUT2D eigenvalue weighted by atomic mass is 10.0. The molecule has 22 heavy (non-hydrogen) atoms. The van der Waals surface area contributed by atoms with Gasteiger partial charge in [0.15, 0.2) is 11.5 Å². The highest BCUT2D eigenvalue weighted by molar-refractivity contribution is 5.72. The van der Waals surface area contributed by atoms with Gasteiger partial charge >= 0.3 is 5.97 Å². The van der Waals surface area contributed by atoms with Gasteiger partial charge in [-0.05, 0) is 23.3 Å². The largest absolute Gasteiger partial charge is 0.454 e. The molecule has 1 saturated heterocycles. The first-order valence-electron chi connectivity index (χ1n) is 7.20. The van der Waals surface area contributed by atoms with Crippen LogP contribution in [0.1, 0.15) is 23.6 Å². The molecule has 2 aromatic rings. The van der Waals surface area contributed by atoms with Crippen molar-refractivity contribution < 1.29 is 19.1 Å². The van der Waals surface area contributed by atoms with Crippen LogP contribution < -0.4 is 9.47 Å². The van der Waals surface area contributed by atoms with E-state index in [0.29, 0.717) is 13.0 Å². The monoisotopic (exact) mass is 297 g/mol. The predicted molar refractivity (Wildman–Crippen MR) is 78.0 cm³/mol. The van der Waals surface area contributed by atoms with E-state index in [1.54, 1.807) is 5.06 Å². The van der Waals surface area contributed by atoms with Crippen molar-refractivity contribution in [2.45, 2.75) is 19.0 Å². The SMILES string of the molecule is O=C1CC(c2ccc3c(c2)OCO3)N(Cc2ccccc2)O1. The molecule has 2 aliphatic rings. The molecule has 0 aliphatic carbocycles. The van der Waals surface area contributed by atoms with E-state index in [1.807, 2.05) is 48.5 Å². The number of carbonyl (C=O) groups excluding carboxylic acids is 1. The number of ether oxygens (including phenoxy) is 2. The lowest BCUT2D eigenvalue weighted by Gasteiger charge is -2.21.